The SMILES string of the molecule is Cn1cc(CCC(=O)C2CCCCCN2)cn1. The van der Waals surface area contributed by atoms with E-state index in [1.807, 2.05) is 19.4 Å². The minimum absolute atomic E-state index is 0.0918. The molecule has 0 saturated carbocycles. The normalized spacial score (nSPS) is 21.1. The van der Waals surface area contributed by atoms with Crippen LogP contribution in [0.3, 0.4) is 0 Å². The average molecular weight is 235 g/mol. The van der Waals surface area contributed by atoms with Gasteiger partial charge in [0.2, 0.25) is 0 Å². The van der Waals surface area contributed by atoms with Crippen molar-refractivity contribution in [2.45, 2.75) is 44.6 Å². The second-order valence-electron chi connectivity index (χ2n) is 4.84. The van der Waals surface area contributed by atoms with Gasteiger partial charge in [-0.1, -0.05) is 12.8 Å². The molecule has 4 nitrogen and oxygen atoms in total. The van der Waals surface area contributed by atoms with Crippen LogP contribution in [0.5, 0.6) is 0 Å². The van der Waals surface area contributed by atoms with Crippen LogP contribution < -0.4 is 5.32 Å². The van der Waals surface area contributed by atoms with Crippen molar-refractivity contribution >= 4 is 5.78 Å². The third kappa shape index (κ3) is 3.66. The van der Waals surface area contributed by atoms with Crippen molar-refractivity contribution in [1.82, 2.24) is 15.1 Å². The minimum atomic E-state index is 0.0918. The van der Waals surface area contributed by atoms with Gasteiger partial charge >= 0.3 is 0 Å². The molecule has 0 bridgehead atoms. The van der Waals surface area contributed by atoms with E-state index in [-0.39, 0.29) is 6.04 Å². The summed E-state index contributed by atoms with van der Waals surface area (Å²) in [5.41, 5.74) is 1.15. The predicted octanol–water partition coefficient (Wildman–Crippen LogP) is 1.45. The number of aromatic nitrogens is 2. The molecule has 0 radical (unpaired) electrons. The summed E-state index contributed by atoms with van der Waals surface area (Å²) in [6.45, 7) is 0.989. The first kappa shape index (κ1) is 12.3. The van der Waals surface area contributed by atoms with Crippen molar-refractivity contribution in [1.29, 1.82) is 0 Å². The number of ketones is 1. The molecule has 0 aliphatic carbocycles. The quantitative estimate of drug-likeness (QED) is 0.859. The fourth-order valence-electron chi connectivity index (χ4n) is 2.35. The molecule has 2 rings (SSSR count). The van der Waals surface area contributed by atoms with Gasteiger partial charge in [0.1, 0.15) is 5.78 Å². The van der Waals surface area contributed by atoms with Gasteiger partial charge in [0.25, 0.3) is 0 Å². The monoisotopic (exact) mass is 235 g/mol. The summed E-state index contributed by atoms with van der Waals surface area (Å²) in [6, 6.07) is 0.0918. The standard InChI is InChI=1S/C13H21N3O/c1-16-10-11(9-15-16)6-7-13(17)12-5-3-2-4-8-14-12/h9-10,12,14H,2-8H2,1H3. The number of carbonyl (C=O) groups excluding carboxylic acids is 1. The van der Waals surface area contributed by atoms with E-state index in [0.717, 1.165) is 24.9 Å². The van der Waals surface area contributed by atoms with Gasteiger partial charge in [-0.15, -0.1) is 0 Å². The molecule has 0 spiro atoms. The van der Waals surface area contributed by atoms with Gasteiger partial charge in [0, 0.05) is 19.7 Å². The van der Waals surface area contributed by atoms with Crippen LogP contribution in [-0.4, -0.2) is 28.2 Å². The first-order valence-electron chi connectivity index (χ1n) is 6.49. The number of nitrogens with zero attached hydrogens (tertiary/aromatic N) is 2. The maximum atomic E-state index is 12.0. The molecule has 4 heteroatoms. The first-order chi connectivity index (χ1) is 8.25. The number of hydrogen-bond donors (Lipinski definition) is 1. The second-order valence-corrected chi connectivity index (χ2v) is 4.84. The highest BCUT2D eigenvalue weighted by atomic mass is 16.1. The van der Waals surface area contributed by atoms with Crippen LogP contribution in [0.4, 0.5) is 0 Å². The van der Waals surface area contributed by atoms with E-state index in [4.69, 9.17) is 0 Å². The Kier molecular flexibility index (Phi) is 4.31. The summed E-state index contributed by atoms with van der Waals surface area (Å²) in [5, 5.41) is 7.46. The van der Waals surface area contributed by atoms with E-state index in [1.165, 1.54) is 19.3 Å². The minimum Gasteiger partial charge on any atom is -0.307 e. The molecule has 1 fully saturated rings. The highest BCUT2D eigenvalue weighted by molar-refractivity contribution is 5.84. The molecule has 1 atom stereocenters. The van der Waals surface area contributed by atoms with Crippen LogP contribution in [0.25, 0.3) is 0 Å². The number of rotatable bonds is 4. The lowest BCUT2D eigenvalue weighted by Crippen LogP contribution is -2.36. The summed E-state index contributed by atoms with van der Waals surface area (Å²) in [6.07, 6.45) is 9.89. The number of Topliss-reactive ketones (excluding diaryl/α,β-unsaturated/α-hetero) is 1. The summed E-state index contributed by atoms with van der Waals surface area (Å²) in [7, 11) is 1.90. The molecule has 0 aromatic carbocycles. The van der Waals surface area contributed by atoms with E-state index in [0.29, 0.717) is 12.2 Å². The third-order valence-electron chi connectivity index (χ3n) is 3.37. The molecule has 1 saturated heterocycles. The lowest BCUT2D eigenvalue weighted by molar-refractivity contribution is -0.121. The van der Waals surface area contributed by atoms with Crippen LogP contribution in [0, 0.1) is 0 Å². The maximum Gasteiger partial charge on any atom is 0.150 e. The van der Waals surface area contributed by atoms with Crippen LogP contribution in [0.15, 0.2) is 12.4 Å². The van der Waals surface area contributed by atoms with Crippen LogP contribution in [0.2, 0.25) is 0 Å². The lowest BCUT2D eigenvalue weighted by Gasteiger charge is -2.13. The second kappa shape index (κ2) is 5.96. The van der Waals surface area contributed by atoms with Gasteiger partial charge in [-0.2, -0.15) is 5.10 Å². The third-order valence-corrected chi connectivity index (χ3v) is 3.37. The predicted molar refractivity (Wildman–Crippen MR) is 66.8 cm³/mol. The number of aryl methyl sites for hydroxylation is 2. The van der Waals surface area contributed by atoms with Crippen molar-refractivity contribution < 1.29 is 4.79 Å². The summed E-state index contributed by atoms with van der Waals surface area (Å²) >= 11 is 0. The number of nitrogens with one attached hydrogen (secondary N) is 1. The van der Waals surface area contributed by atoms with Crippen molar-refractivity contribution in [3.63, 3.8) is 0 Å². The van der Waals surface area contributed by atoms with E-state index >= 15 is 0 Å². The Balaban J connectivity index is 1.79. The Bertz CT molecular complexity index is 364. The molecule has 94 valence electrons. The fourth-order valence-corrected chi connectivity index (χ4v) is 2.35. The van der Waals surface area contributed by atoms with Gasteiger partial charge in [-0.05, 0) is 31.4 Å². The largest absolute Gasteiger partial charge is 0.307 e. The average Bonchev–Trinajstić information content (AvgIpc) is 2.58. The topological polar surface area (TPSA) is 46.9 Å². The Morgan fingerprint density at radius 1 is 1.53 bits per heavy atom. The molecule has 2 heterocycles. The summed E-state index contributed by atoms with van der Waals surface area (Å²) in [4.78, 5) is 12.0. The molecular weight excluding hydrogens is 214 g/mol. The van der Waals surface area contributed by atoms with Crippen LogP contribution >= 0.6 is 0 Å². The van der Waals surface area contributed by atoms with Gasteiger partial charge in [0.05, 0.1) is 12.2 Å². The van der Waals surface area contributed by atoms with Crippen LogP contribution in [0.1, 0.15) is 37.7 Å². The Morgan fingerprint density at radius 3 is 3.18 bits per heavy atom. The summed E-state index contributed by atoms with van der Waals surface area (Å²) in [5.74, 6) is 0.357. The Labute approximate surface area is 102 Å². The Hall–Kier alpha value is -1.16. The van der Waals surface area contributed by atoms with Gasteiger partial charge in [-0.25, -0.2) is 0 Å². The van der Waals surface area contributed by atoms with E-state index in [2.05, 4.69) is 10.4 Å². The first-order valence-corrected chi connectivity index (χ1v) is 6.49. The van der Waals surface area contributed by atoms with Crippen LogP contribution in [-0.2, 0) is 18.3 Å². The number of hydrogen-bond acceptors (Lipinski definition) is 3. The van der Waals surface area contributed by atoms with Crippen molar-refractivity contribution in [2.75, 3.05) is 6.54 Å². The van der Waals surface area contributed by atoms with Gasteiger partial charge in [0.15, 0.2) is 0 Å². The van der Waals surface area contributed by atoms with E-state index < -0.39 is 0 Å². The molecular formula is C13H21N3O. The highest BCUT2D eigenvalue weighted by Gasteiger charge is 2.18. The highest BCUT2D eigenvalue weighted by Crippen LogP contribution is 2.11. The fraction of sp³-hybridized carbons (Fsp3) is 0.692. The molecule has 1 aliphatic rings. The lowest BCUT2D eigenvalue weighted by atomic mass is 10.0. The molecule has 1 aromatic rings. The van der Waals surface area contributed by atoms with E-state index in [1.54, 1.807) is 4.68 Å². The Morgan fingerprint density at radius 2 is 2.41 bits per heavy atom. The van der Waals surface area contributed by atoms with Crippen molar-refractivity contribution in [2.24, 2.45) is 7.05 Å². The van der Waals surface area contributed by atoms with Crippen molar-refractivity contribution in [3.05, 3.63) is 18.0 Å². The molecule has 1 aromatic heterocycles. The smallest absolute Gasteiger partial charge is 0.150 e. The van der Waals surface area contributed by atoms with Gasteiger partial charge in [-0.3, -0.25) is 9.48 Å². The van der Waals surface area contributed by atoms with Crippen molar-refractivity contribution in [3.8, 4) is 0 Å². The zero-order valence-electron chi connectivity index (χ0n) is 10.5. The van der Waals surface area contributed by atoms with E-state index in [9.17, 15) is 4.79 Å². The number of carbonyl (C=O) groups is 1. The molecule has 1 aliphatic heterocycles. The van der Waals surface area contributed by atoms with Gasteiger partial charge < -0.3 is 5.32 Å². The summed E-state index contributed by atoms with van der Waals surface area (Å²) < 4.78 is 1.78. The zero-order chi connectivity index (χ0) is 12.1. The molecule has 1 unspecified atom stereocenters. The molecule has 0 amide bonds. The zero-order valence-corrected chi connectivity index (χ0v) is 10.5. The maximum absolute atomic E-state index is 12.0. The molecule has 1 N–H and O–H groups in total. The molecule has 17 heavy (non-hydrogen) atoms.